The van der Waals surface area contributed by atoms with Crippen molar-refractivity contribution in [3.8, 4) is 0 Å². The van der Waals surface area contributed by atoms with Gasteiger partial charge in [0.05, 0.1) is 6.10 Å². The molecule has 0 radical (unpaired) electrons. The SMILES string of the molecule is CC(OC1CCCN(Cc2ccccc2)C1)C(=O)OC(C)(C)C. The van der Waals surface area contributed by atoms with Gasteiger partial charge >= 0.3 is 5.97 Å². The molecule has 1 aromatic rings. The molecule has 1 saturated heterocycles. The van der Waals surface area contributed by atoms with Crippen LogP contribution in [-0.2, 0) is 20.8 Å². The Morgan fingerprint density at radius 1 is 1.30 bits per heavy atom. The third-order valence-corrected chi connectivity index (χ3v) is 3.85. The molecule has 4 nitrogen and oxygen atoms in total. The van der Waals surface area contributed by atoms with Gasteiger partial charge in [-0.25, -0.2) is 4.79 Å². The molecule has 2 rings (SSSR count). The van der Waals surface area contributed by atoms with Gasteiger partial charge in [0.1, 0.15) is 5.60 Å². The third kappa shape index (κ3) is 6.32. The average Bonchev–Trinajstić information content (AvgIpc) is 2.47. The first kappa shape index (κ1) is 18.0. The van der Waals surface area contributed by atoms with Crippen molar-refractivity contribution in [3.05, 3.63) is 35.9 Å². The zero-order chi connectivity index (χ0) is 16.9. The summed E-state index contributed by atoms with van der Waals surface area (Å²) in [6, 6.07) is 10.5. The van der Waals surface area contributed by atoms with Crippen LogP contribution < -0.4 is 0 Å². The van der Waals surface area contributed by atoms with Crippen LogP contribution in [0.2, 0.25) is 0 Å². The molecule has 1 fully saturated rings. The minimum absolute atomic E-state index is 0.0926. The van der Waals surface area contributed by atoms with Gasteiger partial charge in [-0.1, -0.05) is 30.3 Å². The quantitative estimate of drug-likeness (QED) is 0.780. The summed E-state index contributed by atoms with van der Waals surface area (Å²) in [5, 5.41) is 0. The molecule has 1 heterocycles. The number of piperidine rings is 1. The van der Waals surface area contributed by atoms with Crippen LogP contribution in [0.25, 0.3) is 0 Å². The van der Waals surface area contributed by atoms with Gasteiger partial charge in [0, 0.05) is 13.1 Å². The standard InChI is InChI=1S/C19H29NO3/c1-15(18(21)23-19(2,3)4)22-17-11-8-12-20(14-17)13-16-9-6-5-7-10-16/h5-7,9-10,15,17H,8,11-14H2,1-4H3. The Hall–Kier alpha value is -1.39. The second kappa shape index (κ2) is 7.93. The summed E-state index contributed by atoms with van der Waals surface area (Å²) in [6.45, 7) is 10.3. The highest BCUT2D eigenvalue weighted by Crippen LogP contribution is 2.18. The minimum Gasteiger partial charge on any atom is -0.458 e. The molecule has 0 bridgehead atoms. The molecule has 0 aromatic heterocycles. The lowest BCUT2D eigenvalue weighted by Gasteiger charge is -2.34. The molecule has 1 aliphatic heterocycles. The number of carbonyl (C=O) groups excluding carboxylic acids is 1. The van der Waals surface area contributed by atoms with E-state index in [1.165, 1.54) is 5.56 Å². The molecule has 1 aliphatic rings. The van der Waals surface area contributed by atoms with Gasteiger partial charge in [0.15, 0.2) is 6.10 Å². The molecule has 0 aliphatic carbocycles. The molecule has 0 N–H and O–H groups in total. The molecule has 2 atom stereocenters. The number of esters is 1. The monoisotopic (exact) mass is 319 g/mol. The van der Waals surface area contributed by atoms with Crippen molar-refractivity contribution < 1.29 is 14.3 Å². The summed E-state index contributed by atoms with van der Waals surface area (Å²) < 4.78 is 11.3. The maximum atomic E-state index is 12.0. The number of likely N-dealkylation sites (tertiary alicyclic amines) is 1. The van der Waals surface area contributed by atoms with E-state index in [-0.39, 0.29) is 12.1 Å². The minimum atomic E-state index is -0.518. The normalized spacial score (nSPS) is 21.0. The maximum absolute atomic E-state index is 12.0. The van der Waals surface area contributed by atoms with Crippen LogP contribution in [0.1, 0.15) is 46.1 Å². The van der Waals surface area contributed by atoms with Gasteiger partial charge in [-0.05, 0) is 52.6 Å². The topological polar surface area (TPSA) is 38.8 Å². The molecule has 0 spiro atoms. The van der Waals surface area contributed by atoms with E-state index < -0.39 is 11.7 Å². The molecule has 1 aromatic carbocycles. The second-order valence-corrected chi connectivity index (χ2v) is 7.30. The van der Waals surface area contributed by atoms with Crippen molar-refractivity contribution in [2.75, 3.05) is 13.1 Å². The van der Waals surface area contributed by atoms with E-state index in [4.69, 9.17) is 9.47 Å². The Labute approximate surface area is 139 Å². The summed E-state index contributed by atoms with van der Waals surface area (Å²) in [6.07, 6.45) is 1.67. The van der Waals surface area contributed by atoms with E-state index in [0.29, 0.717) is 0 Å². The number of carbonyl (C=O) groups is 1. The molecule has 4 heteroatoms. The lowest BCUT2D eigenvalue weighted by molar-refractivity contribution is -0.172. The van der Waals surface area contributed by atoms with Gasteiger partial charge in [-0.3, -0.25) is 4.90 Å². The predicted molar refractivity (Wildman–Crippen MR) is 91.1 cm³/mol. The Kier molecular flexibility index (Phi) is 6.19. The van der Waals surface area contributed by atoms with Crippen molar-refractivity contribution in [2.45, 2.75) is 64.9 Å². The molecule has 23 heavy (non-hydrogen) atoms. The number of benzene rings is 1. The fraction of sp³-hybridized carbons (Fsp3) is 0.632. The van der Waals surface area contributed by atoms with Crippen molar-refractivity contribution >= 4 is 5.97 Å². The van der Waals surface area contributed by atoms with Crippen LogP contribution in [0, 0.1) is 0 Å². The van der Waals surface area contributed by atoms with Crippen LogP contribution in [0.4, 0.5) is 0 Å². The molecule has 0 saturated carbocycles. The molecule has 2 unspecified atom stereocenters. The molecular weight excluding hydrogens is 290 g/mol. The van der Waals surface area contributed by atoms with Gasteiger partial charge in [0.25, 0.3) is 0 Å². The van der Waals surface area contributed by atoms with Gasteiger partial charge in [0.2, 0.25) is 0 Å². The fourth-order valence-electron chi connectivity index (χ4n) is 2.84. The highest BCUT2D eigenvalue weighted by molar-refractivity contribution is 5.74. The van der Waals surface area contributed by atoms with Crippen LogP contribution in [0.15, 0.2) is 30.3 Å². The Balaban J connectivity index is 1.82. The lowest BCUT2D eigenvalue weighted by atomic mass is 10.1. The molecule has 0 amide bonds. The number of rotatable bonds is 5. The molecule has 128 valence electrons. The highest BCUT2D eigenvalue weighted by Gasteiger charge is 2.27. The zero-order valence-corrected chi connectivity index (χ0v) is 14.7. The van der Waals surface area contributed by atoms with Gasteiger partial charge in [-0.2, -0.15) is 0 Å². The van der Waals surface area contributed by atoms with Gasteiger partial charge in [-0.15, -0.1) is 0 Å². The number of ether oxygens (including phenoxy) is 2. The summed E-state index contributed by atoms with van der Waals surface area (Å²) in [5.74, 6) is -0.280. The average molecular weight is 319 g/mol. The van der Waals surface area contributed by atoms with Crippen molar-refractivity contribution in [2.24, 2.45) is 0 Å². The van der Waals surface area contributed by atoms with E-state index >= 15 is 0 Å². The van der Waals surface area contributed by atoms with E-state index in [1.54, 1.807) is 6.92 Å². The first-order chi connectivity index (χ1) is 10.8. The maximum Gasteiger partial charge on any atom is 0.335 e. The number of hydrogen-bond donors (Lipinski definition) is 0. The first-order valence-electron chi connectivity index (χ1n) is 8.48. The second-order valence-electron chi connectivity index (χ2n) is 7.30. The van der Waals surface area contributed by atoms with Crippen molar-refractivity contribution in [1.29, 1.82) is 0 Å². The van der Waals surface area contributed by atoms with Crippen LogP contribution >= 0.6 is 0 Å². The summed E-state index contributed by atoms with van der Waals surface area (Å²) in [7, 11) is 0. The lowest BCUT2D eigenvalue weighted by Crippen LogP contribution is -2.42. The van der Waals surface area contributed by atoms with Crippen LogP contribution in [-0.4, -0.2) is 41.8 Å². The third-order valence-electron chi connectivity index (χ3n) is 3.85. The number of nitrogens with zero attached hydrogens (tertiary/aromatic N) is 1. The summed E-state index contributed by atoms with van der Waals surface area (Å²) in [4.78, 5) is 14.4. The van der Waals surface area contributed by atoms with E-state index in [0.717, 1.165) is 32.5 Å². The van der Waals surface area contributed by atoms with Crippen molar-refractivity contribution in [3.63, 3.8) is 0 Å². The van der Waals surface area contributed by atoms with E-state index in [2.05, 4.69) is 29.2 Å². The predicted octanol–water partition coefficient (Wildman–Crippen LogP) is 3.40. The van der Waals surface area contributed by atoms with E-state index in [9.17, 15) is 4.79 Å². The van der Waals surface area contributed by atoms with Crippen LogP contribution in [0.5, 0.6) is 0 Å². The van der Waals surface area contributed by atoms with Crippen LogP contribution in [0.3, 0.4) is 0 Å². The Morgan fingerprint density at radius 2 is 2.00 bits per heavy atom. The van der Waals surface area contributed by atoms with Crippen molar-refractivity contribution in [1.82, 2.24) is 4.90 Å². The Bertz CT molecular complexity index is 495. The smallest absolute Gasteiger partial charge is 0.335 e. The summed E-state index contributed by atoms with van der Waals surface area (Å²) >= 11 is 0. The molecular formula is C19H29NO3. The highest BCUT2D eigenvalue weighted by atomic mass is 16.6. The first-order valence-corrected chi connectivity index (χ1v) is 8.48. The fourth-order valence-corrected chi connectivity index (χ4v) is 2.84. The largest absolute Gasteiger partial charge is 0.458 e. The number of hydrogen-bond acceptors (Lipinski definition) is 4. The summed E-state index contributed by atoms with van der Waals surface area (Å²) in [5.41, 5.74) is 0.842. The zero-order valence-electron chi connectivity index (χ0n) is 14.7. The Morgan fingerprint density at radius 3 is 2.65 bits per heavy atom. The van der Waals surface area contributed by atoms with E-state index in [1.807, 2.05) is 26.8 Å². The van der Waals surface area contributed by atoms with Gasteiger partial charge < -0.3 is 9.47 Å².